The summed E-state index contributed by atoms with van der Waals surface area (Å²) in [4.78, 5) is 17.6. The van der Waals surface area contributed by atoms with Gasteiger partial charge < -0.3 is 20.5 Å². The van der Waals surface area contributed by atoms with Crippen LogP contribution in [0.25, 0.3) is 11.3 Å². The maximum absolute atomic E-state index is 12.0. The first kappa shape index (κ1) is 29.7. The third-order valence-corrected chi connectivity index (χ3v) is 7.80. The molecule has 0 amide bonds. The van der Waals surface area contributed by atoms with Gasteiger partial charge >= 0.3 is 5.97 Å². The van der Waals surface area contributed by atoms with Crippen molar-refractivity contribution in [3.8, 4) is 17.0 Å². The number of fused-ring (bicyclic) bond motifs is 3. The van der Waals surface area contributed by atoms with Crippen molar-refractivity contribution in [1.29, 1.82) is 0 Å². The monoisotopic (exact) mass is 567 g/mol. The number of rotatable bonds is 3. The van der Waals surface area contributed by atoms with E-state index in [1.54, 1.807) is 0 Å². The number of hydrogen-bond donors (Lipinski definition) is 2. The summed E-state index contributed by atoms with van der Waals surface area (Å²) >= 11 is 4.90. The Hall–Kier alpha value is -1.48. The number of nitrogens with one attached hydrogen (secondary N) is 1. The summed E-state index contributed by atoms with van der Waals surface area (Å²) < 4.78 is 11.8. The Morgan fingerprint density at radius 3 is 2.40 bits per heavy atom. The Morgan fingerprint density at radius 2 is 1.91 bits per heavy atom. The van der Waals surface area contributed by atoms with Crippen molar-refractivity contribution in [2.75, 3.05) is 13.7 Å². The van der Waals surface area contributed by atoms with E-state index in [-0.39, 0.29) is 6.04 Å². The van der Waals surface area contributed by atoms with E-state index < -0.39 is 5.97 Å². The molecule has 0 spiro atoms. The molecule has 196 valence electrons. The number of esters is 1. The number of nitrogens with zero attached hydrogens (tertiary/aromatic N) is 1. The first-order chi connectivity index (χ1) is 16.9. The van der Waals surface area contributed by atoms with Crippen LogP contribution in [0.5, 0.6) is 5.75 Å². The van der Waals surface area contributed by atoms with Gasteiger partial charge in [-0.15, -0.1) is 11.3 Å². The molecule has 8 heteroatoms. The van der Waals surface area contributed by atoms with E-state index in [0.717, 1.165) is 32.3 Å². The largest absolute Gasteiger partial charge is 0.491 e. The van der Waals surface area contributed by atoms with Crippen LogP contribution in [0.2, 0.25) is 0 Å². The fraction of sp³-hybridized carbons (Fsp3) is 0.630. The van der Waals surface area contributed by atoms with Crippen molar-refractivity contribution in [2.45, 2.75) is 91.3 Å². The van der Waals surface area contributed by atoms with E-state index >= 15 is 0 Å². The quantitative estimate of drug-likeness (QED) is 0.384. The van der Waals surface area contributed by atoms with Crippen LogP contribution < -0.4 is 15.8 Å². The Kier molecular flexibility index (Phi) is 12.7. The highest BCUT2D eigenvalue weighted by atomic mass is 79.9. The maximum atomic E-state index is 12.0. The number of nitrogens with two attached hydrogens (primary N) is 1. The molecule has 2 aromatic rings. The van der Waals surface area contributed by atoms with Crippen molar-refractivity contribution in [2.24, 2.45) is 11.7 Å². The second kappa shape index (κ2) is 14.9. The summed E-state index contributed by atoms with van der Waals surface area (Å²) in [5, 5.41) is 4.04. The number of methoxy groups -OCH3 is 1. The molecule has 5 rings (SSSR count). The van der Waals surface area contributed by atoms with Crippen molar-refractivity contribution in [1.82, 2.24) is 10.3 Å². The highest BCUT2D eigenvalue weighted by Gasteiger charge is 2.32. The molecule has 0 bridgehead atoms. The molecule has 35 heavy (non-hydrogen) atoms. The van der Waals surface area contributed by atoms with Crippen molar-refractivity contribution in [3.05, 3.63) is 32.6 Å². The molecular formula is C27H42BrN3O3S. The minimum absolute atomic E-state index is 0.0346. The summed E-state index contributed by atoms with van der Waals surface area (Å²) in [5.74, 6) is 1.21. The Morgan fingerprint density at radius 1 is 1.26 bits per heavy atom. The molecule has 1 aromatic heterocycles. The van der Waals surface area contributed by atoms with E-state index in [9.17, 15) is 4.79 Å². The average molecular weight is 569 g/mol. The van der Waals surface area contributed by atoms with Crippen molar-refractivity contribution in [3.63, 3.8) is 0 Å². The lowest BCUT2D eigenvalue weighted by Crippen LogP contribution is -2.39. The fourth-order valence-electron chi connectivity index (χ4n) is 3.67. The fourth-order valence-corrected chi connectivity index (χ4v) is 5.08. The number of halogens is 1. The van der Waals surface area contributed by atoms with Crippen LogP contribution >= 0.6 is 27.3 Å². The minimum atomic E-state index is -0.395. The van der Waals surface area contributed by atoms with Crippen molar-refractivity contribution >= 4 is 33.2 Å². The topological polar surface area (TPSA) is 86.5 Å². The summed E-state index contributed by atoms with van der Waals surface area (Å²) in [5.41, 5.74) is 7.24. The van der Waals surface area contributed by atoms with Gasteiger partial charge in [0.15, 0.2) is 0 Å². The van der Waals surface area contributed by atoms with Crippen LogP contribution in [-0.4, -0.2) is 36.8 Å². The predicted octanol–water partition coefficient (Wildman–Crippen LogP) is 7.12. The summed E-state index contributed by atoms with van der Waals surface area (Å²) in [6.07, 6.45) is 7.49. The number of ether oxygens (including phenoxy) is 2. The molecule has 1 aliphatic heterocycles. The van der Waals surface area contributed by atoms with E-state index in [4.69, 9.17) is 15.2 Å². The Balaban J connectivity index is 0.000000331. The smallest absolute Gasteiger partial charge is 0.367 e. The molecule has 2 fully saturated rings. The molecule has 2 saturated carbocycles. The van der Waals surface area contributed by atoms with Gasteiger partial charge in [0.1, 0.15) is 12.4 Å². The third kappa shape index (κ3) is 8.00. The van der Waals surface area contributed by atoms with Gasteiger partial charge in [-0.25, -0.2) is 9.78 Å². The number of aromatic nitrogens is 1. The molecule has 2 heterocycles. The van der Waals surface area contributed by atoms with Gasteiger partial charge in [-0.05, 0) is 49.8 Å². The lowest BCUT2D eigenvalue weighted by atomic mass is 9.82. The summed E-state index contributed by atoms with van der Waals surface area (Å²) in [6.45, 7) is 11.0. The van der Waals surface area contributed by atoms with Gasteiger partial charge in [-0.1, -0.05) is 63.4 Å². The maximum Gasteiger partial charge on any atom is 0.367 e. The first-order valence-corrected chi connectivity index (χ1v) is 14.5. The van der Waals surface area contributed by atoms with E-state index in [2.05, 4.69) is 47.0 Å². The van der Waals surface area contributed by atoms with Crippen LogP contribution in [0, 0.1) is 5.92 Å². The zero-order chi connectivity index (χ0) is 26.0. The van der Waals surface area contributed by atoms with Gasteiger partial charge in [0, 0.05) is 22.1 Å². The number of carbonyl (C=O) groups is 1. The zero-order valence-electron chi connectivity index (χ0n) is 22.0. The van der Waals surface area contributed by atoms with Gasteiger partial charge in [-0.3, -0.25) is 0 Å². The van der Waals surface area contributed by atoms with Crippen LogP contribution in [0.1, 0.15) is 93.9 Å². The number of benzene rings is 1. The SMILES string of the molecule is CC.CC1CCC1N.CCC.COC(=O)c1nc2c(s1)C(NC1CCC1)COc1ccc(Br)cc1-2. The van der Waals surface area contributed by atoms with Gasteiger partial charge in [-0.2, -0.15) is 0 Å². The molecule has 6 nitrogen and oxygen atoms in total. The number of hydrogen-bond acceptors (Lipinski definition) is 7. The zero-order valence-corrected chi connectivity index (χ0v) is 24.4. The summed E-state index contributed by atoms with van der Waals surface area (Å²) in [6, 6.07) is 6.96. The van der Waals surface area contributed by atoms with Gasteiger partial charge in [0.05, 0.1) is 23.7 Å². The van der Waals surface area contributed by atoms with E-state index in [1.165, 1.54) is 57.0 Å². The van der Waals surface area contributed by atoms with Crippen LogP contribution in [0.15, 0.2) is 22.7 Å². The lowest BCUT2D eigenvalue weighted by molar-refractivity contribution is 0.0600. The van der Waals surface area contributed by atoms with E-state index in [1.807, 2.05) is 32.0 Å². The highest BCUT2D eigenvalue weighted by Crippen LogP contribution is 2.42. The molecule has 3 N–H and O–H groups in total. The Labute approximate surface area is 223 Å². The van der Waals surface area contributed by atoms with Gasteiger partial charge in [0.25, 0.3) is 0 Å². The molecule has 0 radical (unpaired) electrons. The lowest BCUT2D eigenvalue weighted by Gasteiger charge is -2.30. The second-order valence-corrected chi connectivity index (χ2v) is 10.9. The second-order valence-electron chi connectivity index (χ2n) is 8.95. The molecule has 0 saturated heterocycles. The normalized spacial score (nSPS) is 21.8. The predicted molar refractivity (Wildman–Crippen MR) is 149 cm³/mol. The van der Waals surface area contributed by atoms with Crippen LogP contribution in [0.4, 0.5) is 0 Å². The summed E-state index contributed by atoms with van der Waals surface area (Å²) in [7, 11) is 1.38. The average Bonchev–Trinajstić information content (AvgIpc) is 3.24. The molecule has 3 unspecified atom stereocenters. The number of carbonyl (C=O) groups excluding carboxylic acids is 1. The van der Waals surface area contributed by atoms with Gasteiger partial charge in [0.2, 0.25) is 5.01 Å². The number of thiazole rings is 1. The standard InChI is InChI=1S/C17H17BrN2O3S.C5H11N.C3H8.C2H6/c1-22-17(21)16-20-14-11-7-9(18)5-6-13(11)23-8-12(15(14)24-16)19-10-3-2-4-10;1-4-2-3-5(4)6;1-3-2;1-2/h5-7,10,12,19H,2-4,8H2,1H3;4-5H,2-3,6H2,1H3;3H2,1-2H3;1-2H3. The van der Waals surface area contributed by atoms with Crippen molar-refractivity contribution < 1.29 is 14.3 Å². The third-order valence-electron chi connectivity index (χ3n) is 6.16. The first-order valence-electron chi connectivity index (χ1n) is 12.9. The van der Waals surface area contributed by atoms with E-state index in [0.29, 0.717) is 23.7 Å². The molecule has 2 aliphatic carbocycles. The molecule has 3 atom stereocenters. The van der Waals surface area contributed by atoms with Crippen LogP contribution in [-0.2, 0) is 4.74 Å². The minimum Gasteiger partial charge on any atom is -0.491 e. The Bertz CT molecular complexity index is 924. The molecular weight excluding hydrogens is 526 g/mol. The highest BCUT2D eigenvalue weighted by molar-refractivity contribution is 9.10. The molecule has 1 aromatic carbocycles. The molecule has 3 aliphatic rings. The van der Waals surface area contributed by atoms with Crippen LogP contribution in [0.3, 0.4) is 0 Å².